The van der Waals surface area contributed by atoms with Gasteiger partial charge in [-0.3, -0.25) is 9.59 Å². The Hall–Kier alpha value is -2.12. The van der Waals surface area contributed by atoms with Crippen molar-refractivity contribution in [2.75, 3.05) is 6.54 Å². The summed E-state index contributed by atoms with van der Waals surface area (Å²) in [5, 5.41) is 0. The number of ketones is 1. The molecule has 0 spiro atoms. The minimum Gasteiger partial charge on any atom is -0.315 e. The molecule has 1 aliphatic heterocycles. The van der Waals surface area contributed by atoms with Crippen molar-refractivity contribution in [1.29, 1.82) is 0 Å². The lowest BCUT2D eigenvalue weighted by atomic mass is 9.84. The van der Waals surface area contributed by atoms with Crippen LogP contribution >= 0.6 is 0 Å². The fraction of sp³-hybridized carbons (Fsp3) is 0.692. The third kappa shape index (κ3) is 2.70. The number of rotatable bonds is 4. The molecule has 21 heavy (non-hydrogen) atoms. The van der Waals surface area contributed by atoms with Crippen LogP contribution in [0.15, 0.2) is 14.1 Å². The summed E-state index contributed by atoms with van der Waals surface area (Å²) in [5.74, 6) is -2.01. The lowest BCUT2D eigenvalue weighted by molar-refractivity contribution is -0.151. The number of likely N-dealkylation sites (tertiary alicyclic amines) is 1. The molecule has 0 bridgehead atoms. The number of nitrogens with zero attached hydrogens (tertiary/aromatic N) is 2. The molecule has 2 rings (SSSR count). The summed E-state index contributed by atoms with van der Waals surface area (Å²) < 4.78 is 5.59. The first kappa shape index (κ1) is 15.3. The lowest BCUT2D eigenvalue weighted by Gasteiger charge is -2.27. The van der Waals surface area contributed by atoms with Crippen molar-refractivity contribution < 1.29 is 14.1 Å². The second-order valence-electron chi connectivity index (χ2n) is 5.82. The number of H-pyrrole nitrogens is 1. The van der Waals surface area contributed by atoms with Gasteiger partial charge in [-0.25, -0.2) is 14.6 Å². The Morgan fingerprint density at radius 2 is 2.05 bits per heavy atom. The monoisotopic (exact) mass is 297 g/mol. The zero-order valence-electron chi connectivity index (χ0n) is 12.3. The smallest absolute Gasteiger partial charge is 0.315 e. The summed E-state index contributed by atoms with van der Waals surface area (Å²) >= 11 is 0. The van der Waals surface area contributed by atoms with Gasteiger partial charge >= 0.3 is 11.4 Å². The summed E-state index contributed by atoms with van der Waals surface area (Å²) in [6.07, 6.45) is 0.916. The van der Waals surface area contributed by atoms with E-state index < -0.39 is 34.7 Å². The van der Waals surface area contributed by atoms with E-state index in [-0.39, 0.29) is 0 Å². The molecule has 0 radical (unpaired) electrons. The Morgan fingerprint density at radius 1 is 1.38 bits per heavy atom. The highest BCUT2D eigenvalue weighted by Gasteiger charge is 2.40. The van der Waals surface area contributed by atoms with Gasteiger partial charge in [0.1, 0.15) is 6.17 Å². The molecule has 0 aliphatic carbocycles. The van der Waals surface area contributed by atoms with Crippen LogP contribution in [0.2, 0.25) is 0 Å². The second-order valence-corrected chi connectivity index (χ2v) is 5.82. The predicted molar refractivity (Wildman–Crippen MR) is 72.7 cm³/mol. The normalized spacial score (nSPS) is 19.0. The molecular formula is C13H19N3O5. The molecule has 2 heterocycles. The van der Waals surface area contributed by atoms with E-state index in [2.05, 4.69) is 0 Å². The summed E-state index contributed by atoms with van der Waals surface area (Å²) in [6.45, 7) is 5.61. The maximum atomic E-state index is 12.4. The van der Waals surface area contributed by atoms with Crippen molar-refractivity contribution in [3.63, 3.8) is 0 Å². The topological polar surface area (TPSA) is 105 Å². The van der Waals surface area contributed by atoms with Crippen LogP contribution < -0.4 is 11.4 Å². The van der Waals surface area contributed by atoms with Crippen molar-refractivity contribution in [1.82, 2.24) is 14.6 Å². The van der Waals surface area contributed by atoms with Gasteiger partial charge in [-0.15, -0.1) is 4.74 Å². The average molecular weight is 297 g/mol. The van der Waals surface area contributed by atoms with Crippen LogP contribution in [0.3, 0.4) is 0 Å². The van der Waals surface area contributed by atoms with Gasteiger partial charge in [-0.2, -0.15) is 0 Å². The minimum atomic E-state index is -0.875. The number of nitrogens with one attached hydrogen (secondary N) is 1. The predicted octanol–water partition coefficient (Wildman–Crippen LogP) is 0.256. The van der Waals surface area contributed by atoms with Gasteiger partial charge in [0.15, 0.2) is 0 Å². The van der Waals surface area contributed by atoms with Gasteiger partial charge in [-0.1, -0.05) is 20.8 Å². The van der Waals surface area contributed by atoms with Gasteiger partial charge in [0.25, 0.3) is 5.91 Å². The van der Waals surface area contributed by atoms with Crippen LogP contribution in [0.1, 0.15) is 46.2 Å². The van der Waals surface area contributed by atoms with Crippen LogP contribution in [0.25, 0.3) is 0 Å². The number of amides is 1. The molecule has 1 fully saturated rings. The highest BCUT2D eigenvalue weighted by molar-refractivity contribution is 6.37. The molecular weight excluding hydrogens is 278 g/mol. The Labute approximate surface area is 120 Å². The number of Topliss-reactive ketones (excluding diaryl/α,β-unsaturated/α-hetero) is 1. The third-order valence-corrected chi connectivity index (χ3v) is 4.04. The molecule has 1 amide bonds. The molecule has 116 valence electrons. The first-order chi connectivity index (χ1) is 9.77. The molecule has 8 nitrogen and oxygen atoms in total. The summed E-state index contributed by atoms with van der Waals surface area (Å²) in [6, 6.07) is 0. The molecule has 1 aromatic rings. The molecule has 1 unspecified atom stereocenters. The van der Waals surface area contributed by atoms with E-state index in [4.69, 9.17) is 4.52 Å². The summed E-state index contributed by atoms with van der Waals surface area (Å²) in [7, 11) is 0. The highest BCUT2D eigenvalue weighted by Crippen LogP contribution is 2.29. The third-order valence-electron chi connectivity index (χ3n) is 4.04. The molecule has 1 saturated heterocycles. The van der Waals surface area contributed by atoms with Crippen molar-refractivity contribution in [2.24, 2.45) is 5.41 Å². The fourth-order valence-corrected chi connectivity index (χ4v) is 2.30. The van der Waals surface area contributed by atoms with E-state index in [0.717, 1.165) is 4.74 Å². The van der Waals surface area contributed by atoms with Crippen LogP contribution in [0.5, 0.6) is 0 Å². The zero-order chi connectivity index (χ0) is 15.8. The zero-order valence-corrected chi connectivity index (χ0v) is 12.3. The molecule has 1 aliphatic rings. The van der Waals surface area contributed by atoms with E-state index in [9.17, 15) is 19.2 Å². The van der Waals surface area contributed by atoms with Crippen molar-refractivity contribution in [3.05, 3.63) is 21.0 Å². The van der Waals surface area contributed by atoms with Crippen LogP contribution in [0.4, 0.5) is 0 Å². The fourth-order valence-electron chi connectivity index (χ4n) is 2.30. The van der Waals surface area contributed by atoms with E-state index in [1.165, 1.54) is 4.90 Å². The van der Waals surface area contributed by atoms with E-state index in [1.54, 1.807) is 13.8 Å². The lowest BCUT2D eigenvalue weighted by Crippen LogP contribution is -2.44. The molecule has 0 saturated carbocycles. The summed E-state index contributed by atoms with van der Waals surface area (Å²) in [5.41, 5.74) is -1.47. The quantitative estimate of drug-likeness (QED) is 0.802. The Bertz CT molecular complexity index is 666. The Kier molecular flexibility index (Phi) is 3.89. The number of hydrogen-bond acceptors (Lipinski definition) is 5. The van der Waals surface area contributed by atoms with Crippen molar-refractivity contribution in [3.8, 4) is 0 Å². The average Bonchev–Trinajstić information content (AvgIpc) is 3.03. The van der Waals surface area contributed by atoms with Gasteiger partial charge < -0.3 is 9.42 Å². The molecule has 0 aromatic carbocycles. The minimum absolute atomic E-state index is 0.358. The van der Waals surface area contributed by atoms with Crippen LogP contribution in [0, 0.1) is 5.41 Å². The Balaban J connectivity index is 2.29. The van der Waals surface area contributed by atoms with Gasteiger partial charge in [0, 0.05) is 12.0 Å². The number of aromatic amines is 1. The van der Waals surface area contributed by atoms with Crippen molar-refractivity contribution in [2.45, 2.75) is 46.2 Å². The molecule has 1 N–H and O–H groups in total. The number of carbonyl (C=O) groups excluding carboxylic acids is 2. The first-order valence-corrected chi connectivity index (χ1v) is 6.95. The number of aromatic nitrogens is 2. The van der Waals surface area contributed by atoms with Crippen molar-refractivity contribution >= 4 is 11.7 Å². The SMILES string of the molecule is CCC(C)(C)C(=O)C(=O)N1CCCC1n1oc(=O)[nH]c1=O. The largest absolute Gasteiger partial charge is 0.440 e. The van der Waals surface area contributed by atoms with E-state index >= 15 is 0 Å². The number of hydrogen-bond donors (Lipinski definition) is 1. The van der Waals surface area contributed by atoms with Gasteiger partial charge in [-0.05, 0) is 19.3 Å². The maximum absolute atomic E-state index is 12.4. The highest BCUT2D eigenvalue weighted by atomic mass is 16.5. The Morgan fingerprint density at radius 3 is 2.57 bits per heavy atom. The van der Waals surface area contributed by atoms with Gasteiger partial charge in [0.2, 0.25) is 5.78 Å². The molecule has 1 atom stereocenters. The van der Waals surface area contributed by atoms with Crippen LogP contribution in [-0.4, -0.2) is 32.9 Å². The van der Waals surface area contributed by atoms with Gasteiger partial charge in [0.05, 0.1) is 0 Å². The van der Waals surface area contributed by atoms with E-state index in [0.29, 0.717) is 25.8 Å². The van der Waals surface area contributed by atoms with E-state index in [1.807, 2.05) is 11.9 Å². The van der Waals surface area contributed by atoms with Crippen LogP contribution in [-0.2, 0) is 9.59 Å². The molecule has 8 heteroatoms. The molecule has 1 aromatic heterocycles. The number of carbonyl (C=O) groups is 2. The first-order valence-electron chi connectivity index (χ1n) is 6.95. The second kappa shape index (κ2) is 5.34. The standard InChI is InChI=1S/C13H19N3O5/c1-4-13(2,3)9(17)10(18)15-7-5-6-8(15)16-11(19)14-12(20)21-16/h8H,4-7H2,1-3H3,(H,14,19,20). The summed E-state index contributed by atoms with van der Waals surface area (Å²) in [4.78, 5) is 50.6. The maximum Gasteiger partial charge on any atom is 0.440 e.